The second-order valence-corrected chi connectivity index (χ2v) is 7.37. The summed E-state index contributed by atoms with van der Waals surface area (Å²) < 4.78 is 24.6. The van der Waals surface area contributed by atoms with Crippen LogP contribution in [0.15, 0.2) is 72.6 Å². The molecule has 1 aromatic heterocycles. The van der Waals surface area contributed by atoms with E-state index in [1.807, 2.05) is 0 Å². The predicted octanol–water partition coefficient (Wildman–Crippen LogP) is 3.86. The summed E-state index contributed by atoms with van der Waals surface area (Å²) in [5.74, 6) is -2.13. The normalized spacial score (nSPS) is 17.3. The molecule has 3 aromatic rings. The number of Topliss-reactive ketones (excluding diaryl/α,β-unsaturated/α-hetero) is 1. The molecule has 1 N–H and O–H groups in total. The van der Waals surface area contributed by atoms with E-state index in [4.69, 9.17) is 9.47 Å². The lowest BCUT2D eigenvalue weighted by atomic mass is 9.95. The minimum Gasteiger partial charge on any atom is -0.507 e. The van der Waals surface area contributed by atoms with Crippen LogP contribution in [0.5, 0.6) is 11.5 Å². The Kier molecular flexibility index (Phi) is 6.08. The number of ether oxygens (including phenoxy) is 2. The van der Waals surface area contributed by atoms with Crippen LogP contribution < -0.4 is 9.47 Å². The highest BCUT2D eigenvalue weighted by Gasteiger charge is 2.46. The van der Waals surface area contributed by atoms with Gasteiger partial charge in [0.25, 0.3) is 11.7 Å². The average Bonchev–Trinajstić information content (AvgIpc) is 3.09. The predicted molar refractivity (Wildman–Crippen MR) is 118 cm³/mol. The third-order valence-electron chi connectivity index (χ3n) is 5.49. The van der Waals surface area contributed by atoms with Gasteiger partial charge in [0.1, 0.15) is 23.1 Å². The number of pyridine rings is 1. The number of aliphatic hydroxyl groups excluding tert-OH is 1. The number of amides is 1. The molecule has 2 heterocycles. The van der Waals surface area contributed by atoms with Crippen molar-refractivity contribution in [2.75, 3.05) is 14.2 Å². The zero-order valence-corrected chi connectivity index (χ0v) is 18.0. The fourth-order valence-electron chi connectivity index (χ4n) is 3.95. The summed E-state index contributed by atoms with van der Waals surface area (Å²) in [6, 6.07) is 13.1. The Balaban J connectivity index is 1.90. The molecule has 0 aliphatic carbocycles. The highest BCUT2D eigenvalue weighted by Crippen LogP contribution is 2.42. The number of benzene rings is 2. The molecule has 4 rings (SSSR count). The maximum absolute atomic E-state index is 14.0. The number of ketones is 1. The van der Waals surface area contributed by atoms with E-state index >= 15 is 0 Å². The SMILES string of the molecule is COc1ccccc1CN1C(=O)C(=O)/C(=C(/O)c2cc(F)ccc2OC)C1c1cccnc1. The number of aromatic nitrogens is 1. The molecule has 7 nitrogen and oxygen atoms in total. The van der Waals surface area contributed by atoms with Crippen molar-refractivity contribution < 1.29 is 28.6 Å². The van der Waals surface area contributed by atoms with E-state index in [0.29, 0.717) is 16.9 Å². The van der Waals surface area contributed by atoms with E-state index < -0.39 is 29.3 Å². The van der Waals surface area contributed by atoms with Crippen molar-refractivity contribution in [2.24, 2.45) is 0 Å². The number of likely N-dealkylation sites (tertiary alicyclic amines) is 1. The number of methoxy groups -OCH3 is 2. The zero-order valence-electron chi connectivity index (χ0n) is 18.0. The van der Waals surface area contributed by atoms with Crippen molar-refractivity contribution in [1.29, 1.82) is 0 Å². The molecule has 1 aliphatic heterocycles. The Hall–Kier alpha value is -4.20. The van der Waals surface area contributed by atoms with Gasteiger partial charge in [-0.2, -0.15) is 0 Å². The largest absolute Gasteiger partial charge is 0.507 e. The summed E-state index contributed by atoms with van der Waals surface area (Å²) in [6.07, 6.45) is 3.08. The van der Waals surface area contributed by atoms with Gasteiger partial charge in [0.2, 0.25) is 0 Å². The van der Waals surface area contributed by atoms with Crippen LogP contribution in [0.1, 0.15) is 22.7 Å². The van der Waals surface area contributed by atoms with Gasteiger partial charge in [-0.1, -0.05) is 24.3 Å². The Morgan fingerprint density at radius 2 is 1.82 bits per heavy atom. The van der Waals surface area contributed by atoms with Gasteiger partial charge in [0.15, 0.2) is 0 Å². The molecule has 1 atom stereocenters. The van der Waals surface area contributed by atoms with Crippen LogP contribution in [0.25, 0.3) is 5.76 Å². The van der Waals surface area contributed by atoms with Crippen LogP contribution in [0.3, 0.4) is 0 Å². The molecule has 0 spiro atoms. The lowest BCUT2D eigenvalue weighted by Crippen LogP contribution is -2.29. The topological polar surface area (TPSA) is 89.0 Å². The average molecular weight is 448 g/mol. The summed E-state index contributed by atoms with van der Waals surface area (Å²) in [5, 5.41) is 11.1. The number of aliphatic hydroxyl groups is 1. The molecule has 33 heavy (non-hydrogen) atoms. The van der Waals surface area contributed by atoms with E-state index in [1.165, 1.54) is 37.4 Å². The summed E-state index contributed by atoms with van der Waals surface area (Å²) >= 11 is 0. The molecule has 8 heteroatoms. The zero-order chi connectivity index (χ0) is 23.5. The minimum absolute atomic E-state index is 0.0262. The number of hydrogen-bond donors (Lipinski definition) is 1. The van der Waals surface area contributed by atoms with Gasteiger partial charge >= 0.3 is 0 Å². The Labute approximate surface area is 189 Å². The third-order valence-corrected chi connectivity index (χ3v) is 5.49. The van der Waals surface area contributed by atoms with Crippen molar-refractivity contribution in [2.45, 2.75) is 12.6 Å². The molecule has 0 saturated carbocycles. The second kappa shape index (κ2) is 9.12. The van der Waals surface area contributed by atoms with Crippen LogP contribution in [0.4, 0.5) is 4.39 Å². The maximum Gasteiger partial charge on any atom is 0.295 e. The van der Waals surface area contributed by atoms with E-state index in [0.717, 1.165) is 6.07 Å². The Bertz CT molecular complexity index is 1240. The standard InChI is InChI=1S/C25H21FN2O5/c1-32-19-8-4-3-6-16(19)14-28-22(15-7-5-11-27-13-15)21(24(30)25(28)31)23(29)18-12-17(26)9-10-20(18)33-2/h3-13,22,29H,14H2,1-2H3/b23-21+. The number of hydrogen-bond acceptors (Lipinski definition) is 6. The molecule has 1 saturated heterocycles. The fraction of sp³-hybridized carbons (Fsp3) is 0.160. The molecule has 1 unspecified atom stereocenters. The summed E-state index contributed by atoms with van der Waals surface area (Å²) in [6.45, 7) is 0.0468. The van der Waals surface area contributed by atoms with Crippen LogP contribution >= 0.6 is 0 Å². The van der Waals surface area contributed by atoms with Crippen LogP contribution in [-0.4, -0.2) is 40.9 Å². The van der Waals surface area contributed by atoms with Gasteiger partial charge in [-0.25, -0.2) is 4.39 Å². The highest BCUT2D eigenvalue weighted by atomic mass is 19.1. The van der Waals surface area contributed by atoms with Crippen molar-refractivity contribution >= 4 is 17.4 Å². The van der Waals surface area contributed by atoms with Crippen molar-refractivity contribution in [3.63, 3.8) is 0 Å². The fourth-order valence-corrected chi connectivity index (χ4v) is 3.95. The van der Waals surface area contributed by atoms with Crippen molar-refractivity contribution in [1.82, 2.24) is 9.88 Å². The minimum atomic E-state index is -0.948. The van der Waals surface area contributed by atoms with E-state index in [1.54, 1.807) is 42.6 Å². The first-order valence-electron chi connectivity index (χ1n) is 10.1. The Morgan fingerprint density at radius 1 is 1.06 bits per heavy atom. The van der Waals surface area contributed by atoms with Gasteiger partial charge in [0, 0.05) is 18.0 Å². The van der Waals surface area contributed by atoms with Crippen LogP contribution in [-0.2, 0) is 16.1 Å². The number of carbonyl (C=O) groups excluding carboxylic acids is 2. The molecule has 2 aromatic carbocycles. The van der Waals surface area contributed by atoms with Gasteiger partial charge in [-0.15, -0.1) is 0 Å². The number of carbonyl (C=O) groups is 2. The molecular formula is C25H21FN2O5. The molecule has 168 valence electrons. The van der Waals surface area contributed by atoms with Crippen LogP contribution in [0.2, 0.25) is 0 Å². The maximum atomic E-state index is 14.0. The summed E-state index contributed by atoms with van der Waals surface area (Å²) in [7, 11) is 2.88. The first-order chi connectivity index (χ1) is 16.0. The summed E-state index contributed by atoms with van der Waals surface area (Å²) in [5.41, 5.74) is 0.996. The third kappa shape index (κ3) is 4.03. The lowest BCUT2D eigenvalue weighted by Gasteiger charge is -2.26. The first-order valence-corrected chi connectivity index (χ1v) is 10.1. The second-order valence-electron chi connectivity index (χ2n) is 7.37. The quantitative estimate of drug-likeness (QED) is 0.350. The number of rotatable bonds is 6. The molecule has 1 amide bonds. The van der Waals surface area contributed by atoms with Gasteiger partial charge in [-0.05, 0) is 35.9 Å². The lowest BCUT2D eigenvalue weighted by molar-refractivity contribution is -0.140. The number of para-hydroxylation sites is 1. The monoisotopic (exact) mass is 448 g/mol. The van der Waals surface area contributed by atoms with Gasteiger partial charge < -0.3 is 19.5 Å². The summed E-state index contributed by atoms with van der Waals surface area (Å²) in [4.78, 5) is 31.7. The molecular weight excluding hydrogens is 427 g/mol. The van der Waals surface area contributed by atoms with Gasteiger partial charge in [0.05, 0.1) is 37.9 Å². The van der Waals surface area contributed by atoms with E-state index in [9.17, 15) is 19.1 Å². The smallest absolute Gasteiger partial charge is 0.295 e. The molecule has 0 bridgehead atoms. The van der Waals surface area contributed by atoms with Gasteiger partial charge in [-0.3, -0.25) is 14.6 Å². The highest BCUT2D eigenvalue weighted by molar-refractivity contribution is 6.46. The Morgan fingerprint density at radius 3 is 2.52 bits per heavy atom. The molecule has 1 aliphatic rings. The molecule has 1 fully saturated rings. The van der Waals surface area contributed by atoms with Crippen molar-refractivity contribution in [3.05, 3.63) is 95.1 Å². The van der Waals surface area contributed by atoms with E-state index in [2.05, 4.69) is 4.98 Å². The van der Waals surface area contributed by atoms with E-state index in [-0.39, 0.29) is 23.4 Å². The first kappa shape index (κ1) is 22.0. The van der Waals surface area contributed by atoms with Crippen LogP contribution in [0, 0.1) is 5.82 Å². The van der Waals surface area contributed by atoms with Crippen molar-refractivity contribution in [3.8, 4) is 11.5 Å². The number of nitrogens with zero attached hydrogens (tertiary/aromatic N) is 2. The number of halogens is 1. The molecule has 0 radical (unpaired) electrons.